The predicted molar refractivity (Wildman–Crippen MR) is 126 cm³/mol. The van der Waals surface area contributed by atoms with Crippen molar-refractivity contribution < 1.29 is 0 Å². The average molecular weight is 436 g/mol. The number of hydrogen-bond donors (Lipinski definition) is 0. The van der Waals surface area contributed by atoms with Crippen molar-refractivity contribution in [3.8, 4) is 0 Å². The normalized spacial score (nSPS) is 11.7. The number of nitrogens with zero attached hydrogens (tertiary/aromatic N) is 7. The molecule has 0 amide bonds. The van der Waals surface area contributed by atoms with Crippen molar-refractivity contribution in [2.45, 2.75) is 25.3 Å². The van der Waals surface area contributed by atoms with E-state index in [1.54, 1.807) is 12.4 Å². The molecule has 5 aromatic rings. The predicted octanol–water partition coefficient (Wildman–Crippen LogP) is 3.97. The van der Waals surface area contributed by atoms with Gasteiger partial charge < -0.3 is 9.13 Å². The van der Waals surface area contributed by atoms with Crippen LogP contribution in [0.3, 0.4) is 0 Å². The number of imidazole rings is 2. The van der Waals surface area contributed by atoms with Gasteiger partial charge in [-0.2, -0.15) is 0 Å². The molecule has 0 radical (unpaired) electrons. The van der Waals surface area contributed by atoms with E-state index < -0.39 is 5.54 Å². The second-order valence-corrected chi connectivity index (χ2v) is 7.93. The lowest BCUT2D eigenvalue weighted by Crippen LogP contribution is -2.51. The van der Waals surface area contributed by atoms with Gasteiger partial charge in [0, 0.05) is 43.6 Å². The van der Waals surface area contributed by atoms with Crippen LogP contribution in [0.1, 0.15) is 17.0 Å². The Morgan fingerprint density at radius 3 is 1.64 bits per heavy atom. The van der Waals surface area contributed by atoms with Gasteiger partial charge in [-0.1, -0.05) is 42.5 Å². The largest absolute Gasteiger partial charge is 0.324 e. The van der Waals surface area contributed by atoms with Crippen LogP contribution in [-0.4, -0.2) is 34.0 Å². The fourth-order valence-electron chi connectivity index (χ4n) is 4.28. The molecule has 7 heteroatoms. The monoisotopic (exact) mass is 435 g/mol. The van der Waals surface area contributed by atoms with Crippen molar-refractivity contribution >= 4 is 0 Å². The Kier molecular flexibility index (Phi) is 6.04. The minimum absolute atomic E-state index is 0.595. The SMILES string of the molecule is c1ccc(CC(c2ccccn2)(c2ccccn2)N(Cn2ccnc2)Cn2ccnc2)cc1. The molecular formula is C26H25N7. The topological polar surface area (TPSA) is 64.7 Å². The summed E-state index contributed by atoms with van der Waals surface area (Å²) in [4.78, 5) is 20.7. The molecule has 5 rings (SSSR count). The fourth-order valence-corrected chi connectivity index (χ4v) is 4.28. The number of aromatic nitrogens is 6. The van der Waals surface area contributed by atoms with Crippen LogP contribution in [0, 0.1) is 0 Å². The van der Waals surface area contributed by atoms with Gasteiger partial charge in [0.15, 0.2) is 0 Å². The van der Waals surface area contributed by atoms with Crippen LogP contribution in [0.15, 0.2) is 117 Å². The summed E-state index contributed by atoms with van der Waals surface area (Å²) in [5.41, 5.74) is 2.44. The van der Waals surface area contributed by atoms with Crippen LogP contribution in [0.4, 0.5) is 0 Å². The minimum atomic E-state index is -0.640. The van der Waals surface area contributed by atoms with Gasteiger partial charge in [-0.05, 0) is 29.8 Å². The van der Waals surface area contributed by atoms with E-state index in [1.165, 1.54) is 5.56 Å². The molecule has 0 aliphatic carbocycles. The van der Waals surface area contributed by atoms with E-state index >= 15 is 0 Å². The maximum atomic E-state index is 4.87. The van der Waals surface area contributed by atoms with E-state index in [4.69, 9.17) is 9.97 Å². The molecule has 4 heterocycles. The summed E-state index contributed by atoms with van der Waals surface area (Å²) in [6.07, 6.45) is 15.6. The van der Waals surface area contributed by atoms with Gasteiger partial charge in [0.2, 0.25) is 0 Å². The minimum Gasteiger partial charge on any atom is -0.324 e. The standard InChI is InChI=1S/C26H25N7/c1-2-8-23(9-3-1)18-26(24-10-4-6-12-29-24,25-11-5-7-13-30-25)33(21-31-16-14-27-19-31)22-32-17-15-28-20-32/h1-17,19-20H,18,21-22H2. The Labute approximate surface area is 193 Å². The van der Waals surface area contributed by atoms with Crippen LogP contribution in [0.5, 0.6) is 0 Å². The van der Waals surface area contributed by atoms with Crippen molar-refractivity contribution in [2.75, 3.05) is 0 Å². The highest BCUT2D eigenvalue weighted by atomic mass is 15.4. The van der Waals surface area contributed by atoms with E-state index in [0.29, 0.717) is 19.8 Å². The van der Waals surface area contributed by atoms with Crippen molar-refractivity contribution in [1.29, 1.82) is 0 Å². The fraction of sp³-hybridized carbons (Fsp3) is 0.154. The van der Waals surface area contributed by atoms with E-state index in [-0.39, 0.29) is 0 Å². The molecule has 1 aromatic carbocycles. The summed E-state index contributed by atoms with van der Waals surface area (Å²) in [5, 5.41) is 0. The first-order valence-electron chi connectivity index (χ1n) is 10.9. The first-order valence-corrected chi connectivity index (χ1v) is 10.9. The first kappa shape index (κ1) is 20.8. The van der Waals surface area contributed by atoms with Gasteiger partial charge in [0.25, 0.3) is 0 Å². The summed E-state index contributed by atoms with van der Waals surface area (Å²) in [6.45, 7) is 1.19. The third kappa shape index (κ3) is 4.44. The highest BCUT2D eigenvalue weighted by Gasteiger charge is 2.43. The second-order valence-electron chi connectivity index (χ2n) is 7.93. The Morgan fingerprint density at radius 2 is 1.18 bits per heavy atom. The molecule has 0 spiro atoms. The molecule has 0 unspecified atom stereocenters. The smallest absolute Gasteiger partial charge is 0.113 e. The molecule has 164 valence electrons. The molecule has 4 aromatic heterocycles. The zero-order chi connectivity index (χ0) is 22.3. The van der Waals surface area contributed by atoms with Gasteiger partial charge in [-0.25, -0.2) is 9.97 Å². The Bertz CT molecular complexity index is 1150. The lowest BCUT2D eigenvalue weighted by molar-refractivity contribution is 0.0426. The zero-order valence-corrected chi connectivity index (χ0v) is 18.2. The van der Waals surface area contributed by atoms with Crippen LogP contribution >= 0.6 is 0 Å². The lowest BCUT2D eigenvalue weighted by atomic mass is 9.82. The molecule has 0 aliphatic rings. The van der Waals surface area contributed by atoms with Crippen LogP contribution in [-0.2, 0) is 25.3 Å². The summed E-state index contributed by atoms with van der Waals surface area (Å²) >= 11 is 0. The third-order valence-corrected chi connectivity index (χ3v) is 5.81. The number of hydrogen-bond acceptors (Lipinski definition) is 5. The van der Waals surface area contributed by atoms with Gasteiger partial charge in [-0.15, -0.1) is 0 Å². The van der Waals surface area contributed by atoms with Crippen molar-refractivity contribution in [1.82, 2.24) is 34.0 Å². The molecule has 7 nitrogen and oxygen atoms in total. The lowest BCUT2D eigenvalue weighted by Gasteiger charge is -2.43. The van der Waals surface area contributed by atoms with E-state index in [9.17, 15) is 0 Å². The van der Waals surface area contributed by atoms with Crippen molar-refractivity contribution in [3.63, 3.8) is 0 Å². The molecule has 0 bridgehead atoms. The van der Waals surface area contributed by atoms with E-state index in [2.05, 4.69) is 60.4 Å². The molecule has 0 saturated carbocycles. The first-order chi connectivity index (χ1) is 16.3. The van der Waals surface area contributed by atoms with Crippen molar-refractivity contribution in [2.24, 2.45) is 0 Å². The molecule has 0 saturated heterocycles. The summed E-state index contributed by atoms with van der Waals surface area (Å²) in [7, 11) is 0. The summed E-state index contributed by atoms with van der Waals surface area (Å²) in [6, 6.07) is 22.7. The zero-order valence-electron chi connectivity index (χ0n) is 18.2. The van der Waals surface area contributed by atoms with Gasteiger partial charge in [-0.3, -0.25) is 14.9 Å². The van der Waals surface area contributed by atoms with Gasteiger partial charge >= 0.3 is 0 Å². The highest BCUT2D eigenvalue weighted by Crippen LogP contribution is 2.38. The Balaban J connectivity index is 1.73. The molecule has 0 aliphatic heterocycles. The van der Waals surface area contributed by atoms with Crippen LogP contribution in [0.2, 0.25) is 0 Å². The van der Waals surface area contributed by atoms with Gasteiger partial charge in [0.05, 0.1) is 37.4 Å². The number of benzene rings is 1. The molecule has 0 N–H and O–H groups in total. The Hall–Kier alpha value is -4.10. The molecular weight excluding hydrogens is 410 g/mol. The maximum Gasteiger partial charge on any atom is 0.113 e. The van der Waals surface area contributed by atoms with Crippen molar-refractivity contribution in [3.05, 3.63) is 134 Å². The van der Waals surface area contributed by atoms with Gasteiger partial charge in [0.1, 0.15) is 5.54 Å². The summed E-state index contributed by atoms with van der Waals surface area (Å²) in [5.74, 6) is 0. The third-order valence-electron chi connectivity index (χ3n) is 5.81. The van der Waals surface area contributed by atoms with E-state index in [1.807, 2.05) is 67.8 Å². The quantitative estimate of drug-likeness (QED) is 0.351. The molecule has 0 fully saturated rings. The average Bonchev–Trinajstić information content (AvgIpc) is 3.59. The van der Waals surface area contributed by atoms with Crippen LogP contribution in [0.25, 0.3) is 0 Å². The summed E-state index contributed by atoms with van der Waals surface area (Å²) < 4.78 is 4.14. The van der Waals surface area contributed by atoms with Crippen LogP contribution < -0.4 is 0 Å². The number of rotatable bonds is 9. The Morgan fingerprint density at radius 1 is 0.636 bits per heavy atom. The second kappa shape index (κ2) is 9.58. The molecule has 33 heavy (non-hydrogen) atoms. The van der Waals surface area contributed by atoms with E-state index in [0.717, 1.165) is 11.4 Å². The highest BCUT2D eigenvalue weighted by molar-refractivity contribution is 5.34. The number of pyridine rings is 2. The molecule has 0 atom stereocenters. The maximum absolute atomic E-state index is 4.87.